The Kier molecular flexibility index (Phi) is 4.54. The number of nitrogens with two attached hydrogens (primary N) is 1. The summed E-state index contributed by atoms with van der Waals surface area (Å²) in [6, 6.07) is 4.10. The lowest BCUT2D eigenvalue weighted by molar-refractivity contribution is 0.382. The van der Waals surface area contributed by atoms with Crippen molar-refractivity contribution in [3.63, 3.8) is 0 Å². The Bertz CT molecular complexity index is 836. The summed E-state index contributed by atoms with van der Waals surface area (Å²) in [4.78, 5) is 11.0. The number of aromatic nitrogens is 2. The highest BCUT2D eigenvalue weighted by Crippen LogP contribution is 2.34. The number of anilines is 1. The zero-order chi connectivity index (χ0) is 16.6. The van der Waals surface area contributed by atoms with E-state index in [0.717, 1.165) is 46.3 Å². The Labute approximate surface area is 143 Å². The van der Waals surface area contributed by atoms with E-state index in [-0.39, 0.29) is 0 Å². The molecule has 1 fully saturated rings. The van der Waals surface area contributed by atoms with Gasteiger partial charge >= 0.3 is 0 Å². The lowest BCUT2D eigenvalue weighted by Gasteiger charge is -2.40. The van der Waals surface area contributed by atoms with Crippen LogP contribution in [0.15, 0.2) is 22.9 Å². The van der Waals surface area contributed by atoms with Gasteiger partial charge in [0.1, 0.15) is 12.1 Å². The molecule has 3 N–H and O–H groups in total. The molecule has 1 aliphatic heterocycles. The number of benzene rings is 1. The molecule has 3 rings (SSSR count). The molecule has 1 aromatic heterocycles. The summed E-state index contributed by atoms with van der Waals surface area (Å²) in [7, 11) is -3.60. The predicted octanol–water partition coefficient (Wildman–Crippen LogP) is 1.32. The first-order valence-corrected chi connectivity index (χ1v) is 9.60. The summed E-state index contributed by atoms with van der Waals surface area (Å²) in [6.45, 7) is 4.09. The van der Waals surface area contributed by atoms with Crippen molar-refractivity contribution in [1.82, 2.24) is 14.7 Å². The number of rotatable bonds is 5. The summed E-state index contributed by atoms with van der Waals surface area (Å²) in [5, 5.41) is 5.93. The van der Waals surface area contributed by atoms with Gasteiger partial charge in [-0.3, -0.25) is 0 Å². The van der Waals surface area contributed by atoms with Gasteiger partial charge in [-0.25, -0.2) is 19.8 Å². The summed E-state index contributed by atoms with van der Waals surface area (Å²) < 4.78 is 25.0. The molecule has 1 saturated heterocycles. The molecule has 0 amide bonds. The second-order valence-corrected chi connectivity index (χ2v) is 8.07. The van der Waals surface area contributed by atoms with Crippen LogP contribution in [0.25, 0.3) is 10.9 Å². The van der Waals surface area contributed by atoms with Crippen molar-refractivity contribution in [3.05, 3.63) is 28.5 Å². The third-order valence-electron chi connectivity index (χ3n) is 3.93. The van der Waals surface area contributed by atoms with Gasteiger partial charge in [0.25, 0.3) is 10.2 Å². The second kappa shape index (κ2) is 6.31. The monoisotopic (exact) mass is 399 g/mol. The van der Waals surface area contributed by atoms with E-state index in [1.807, 2.05) is 13.0 Å². The standard InChI is InChI=1S/C14H18BrN5O2S/c1-9-4-11(15)13-12(5-9)17-8-18-14(13)20-6-10(7-20)2-3-19-23(16,21)22/h4-5,8,10,19H,2-3,6-7H2,1H3,(H2,16,21,22). The van der Waals surface area contributed by atoms with E-state index in [0.29, 0.717) is 12.5 Å². The molecule has 23 heavy (non-hydrogen) atoms. The predicted molar refractivity (Wildman–Crippen MR) is 93.4 cm³/mol. The molecule has 124 valence electrons. The van der Waals surface area contributed by atoms with Gasteiger partial charge in [0, 0.05) is 24.1 Å². The van der Waals surface area contributed by atoms with Crippen LogP contribution in [0.3, 0.4) is 0 Å². The average molecular weight is 400 g/mol. The largest absolute Gasteiger partial charge is 0.355 e. The van der Waals surface area contributed by atoms with Crippen molar-refractivity contribution >= 4 is 42.9 Å². The molecule has 0 bridgehead atoms. The van der Waals surface area contributed by atoms with Gasteiger partial charge in [-0.2, -0.15) is 8.42 Å². The van der Waals surface area contributed by atoms with Crippen LogP contribution in [0.4, 0.5) is 5.82 Å². The van der Waals surface area contributed by atoms with Gasteiger partial charge in [0.05, 0.1) is 10.9 Å². The zero-order valence-electron chi connectivity index (χ0n) is 12.7. The molecule has 7 nitrogen and oxygen atoms in total. The highest BCUT2D eigenvalue weighted by molar-refractivity contribution is 9.10. The van der Waals surface area contributed by atoms with Crippen LogP contribution < -0.4 is 14.8 Å². The van der Waals surface area contributed by atoms with Crippen LogP contribution >= 0.6 is 15.9 Å². The van der Waals surface area contributed by atoms with E-state index in [4.69, 9.17) is 5.14 Å². The van der Waals surface area contributed by atoms with Crippen molar-refractivity contribution in [2.75, 3.05) is 24.5 Å². The lowest BCUT2D eigenvalue weighted by atomic mass is 9.96. The minimum atomic E-state index is -3.60. The Hall–Kier alpha value is -1.29. The molecular formula is C14H18BrN5O2S. The molecule has 0 aliphatic carbocycles. The zero-order valence-corrected chi connectivity index (χ0v) is 15.1. The quantitative estimate of drug-likeness (QED) is 0.789. The summed E-state index contributed by atoms with van der Waals surface area (Å²) >= 11 is 3.60. The smallest absolute Gasteiger partial charge is 0.274 e. The highest BCUT2D eigenvalue weighted by Gasteiger charge is 2.29. The van der Waals surface area contributed by atoms with Crippen molar-refractivity contribution in [1.29, 1.82) is 0 Å². The number of halogens is 1. The highest BCUT2D eigenvalue weighted by atomic mass is 79.9. The van der Waals surface area contributed by atoms with Crippen molar-refractivity contribution in [2.24, 2.45) is 11.1 Å². The minimum Gasteiger partial charge on any atom is -0.355 e. The van der Waals surface area contributed by atoms with Crippen LogP contribution in [0.1, 0.15) is 12.0 Å². The number of nitrogens with one attached hydrogen (secondary N) is 1. The maximum absolute atomic E-state index is 10.9. The summed E-state index contributed by atoms with van der Waals surface area (Å²) in [5.41, 5.74) is 2.06. The topological polar surface area (TPSA) is 101 Å². The summed E-state index contributed by atoms with van der Waals surface area (Å²) in [5.74, 6) is 1.34. The molecule has 0 unspecified atom stereocenters. The van der Waals surface area contributed by atoms with Crippen LogP contribution in [-0.2, 0) is 10.2 Å². The van der Waals surface area contributed by atoms with Crippen molar-refractivity contribution in [2.45, 2.75) is 13.3 Å². The first-order chi connectivity index (χ1) is 10.8. The SMILES string of the molecule is Cc1cc(Br)c2c(N3CC(CCNS(N)(=O)=O)C3)ncnc2c1. The van der Waals surface area contributed by atoms with E-state index < -0.39 is 10.2 Å². The third kappa shape index (κ3) is 3.79. The van der Waals surface area contributed by atoms with Crippen LogP contribution in [0, 0.1) is 12.8 Å². The fraction of sp³-hybridized carbons (Fsp3) is 0.429. The Morgan fingerprint density at radius 3 is 2.83 bits per heavy atom. The molecule has 0 spiro atoms. The van der Waals surface area contributed by atoms with E-state index in [9.17, 15) is 8.42 Å². The van der Waals surface area contributed by atoms with Crippen LogP contribution in [0.5, 0.6) is 0 Å². The third-order valence-corrected chi connectivity index (χ3v) is 5.16. The maximum atomic E-state index is 10.9. The van der Waals surface area contributed by atoms with Gasteiger partial charge in [-0.1, -0.05) is 0 Å². The Morgan fingerprint density at radius 2 is 2.13 bits per heavy atom. The van der Waals surface area contributed by atoms with E-state index in [1.165, 1.54) is 0 Å². The Balaban J connectivity index is 1.69. The fourth-order valence-corrected chi connectivity index (χ4v) is 3.97. The Morgan fingerprint density at radius 1 is 1.39 bits per heavy atom. The minimum absolute atomic E-state index is 0.366. The van der Waals surface area contributed by atoms with Crippen LogP contribution in [-0.4, -0.2) is 38.0 Å². The molecule has 1 aliphatic rings. The molecule has 2 aromatic rings. The van der Waals surface area contributed by atoms with E-state index >= 15 is 0 Å². The molecule has 9 heteroatoms. The van der Waals surface area contributed by atoms with Gasteiger partial charge < -0.3 is 4.90 Å². The van der Waals surface area contributed by atoms with E-state index in [1.54, 1.807) is 6.33 Å². The van der Waals surface area contributed by atoms with Crippen LogP contribution in [0.2, 0.25) is 0 Å². The lowest BCUT2D eigenvalue weighted by Crippen LogP contribution is -2.48. The molecule has 1 aromatic carbocycles. The van der Waals surface area contributed by atoms with Crippen molar-refractivity contribution < 1.29 is 8.42 Å². The van der Waals surface area contributed by atoms with Gasteiger partial charge in [0.15, 0.2) is 0 Å². The van der Waals surface area contributed by atoms with Gasteiger partial charge in [0.2, 0.25) is 0 Å². The maximum Gasteiger partial charge on any atom is 0.274 e. The molecule has 0 saturated carbocycles. The fourth-order valence-electron chi connectivity index (χ4n) is 2.83. The van der Waals surface area contributed by atoms with Gasteiger partial charge in [-0.05, 0) is 52.9 Å². The van der Waals surface area contributed by atoms with Crippen molar-refractivity contribution in [3.8, 4) is 0 Å². The normalized spacial score (nSPS) is 15.9. The molecule has 0 atom stereocenters. The second-order valence-electron chi connectivity index (χ2n) is 5.84. The van der Waals surface area contributed by atoms with Gasteiger partial charge in [-0.15, -0.1) is 0 Å². The number of aryl methyl sites for hydroxylation is 1. The molecular weight excluding hydrogens is 382 g/mol. The first kappa shape index (κ1) is 16.6. The molecule has 2 heterocycles. The number of hydrogen-bond acceptors (Lipinski definition) is 5. The average Bonchev–Trinajstić information content (AvgIpc) is 2.39. The summed E-state index contributed by atoms with van der Waals surface area (Å²) in [6.07, 6.45) is 2.34. The number of hydrogen-bond donors (Lipinski definition) is 2. The van der Waals surface area contributed by atoms with E-state index in [2.05, 4.69) is 41.6 Å². The number of fused-ring (bicyclic) bond motifs is 1. The number of nitrogens with zero attached hydrogens (tertiary/aromatic N) is 3. The first-order valence-electron chi connectivity index (χ1n) is 7.26. The molecule has 0 radical (unpaired) electrons.